The first-order valence-corrected chi connectivity index (χ1v) is 9.72. The van der Waals surface area contributed by atoms with E-state index in [2.05, 4.69) is 10.5 Å². The van der Waals surface area contributed by atoms with Crippen molar-refractivity contribution in [2.45, 2.75) is 50.0 Å². The van der Waals surface area contributed by atoms with Crippen LogP contribution in [0.4, 0.5) is 19.1 Å². The van der Waals surface area contributed by atoms with Gasteiger partial charge in [-0.2, -0.15) is 13.2 Å². The minimum Gasteiger partial charge on any atom is -0.381 e. The maximum absolute atomic E-state index is 12.3. The van der Waals surface area contributed by atoms with Gasteiger partial charge in [-0.3, -0.25) is 10.1 Å². The third-order valence-corrected chi connectivity index (χ3v) is 6.88. The van der Waals surface area contributed by atoms with Crippen LogP contribution in [0, 0.1) is 0 Å². The summed E-state index contributed by atoms with van der Waals surface area (Å²) < 4.78 is 69.5. The van der Waals surface area contributed by atoms with E-state index in [0.29, 0.717) is 18.9 Å². The molecule has 0 radical (unpaired) electrons. The molecule has 1 fully saturated rings. The van der Waals surface area contributed by atoms with Crippen LogP contribution >= 0.6 is 0 Å². The molecule has 1 unspecified atom stereocenters. The lowest BCUT2D eigenvalue weighted by Gasteiger charge is -2.23. The monoisotopic (exact) mass is 398 g/mol. The number of rotatable bonds is 7. The highest BCUT2D eigenvalue weighted by Gasteiger charge is 2.42. The van der Waals surface area contributed by atoms with E-state index in [1.165, 1.54) is 6.07 Å². The molecule has 26 heavy (non-hydrogen) atoms. The number of hydrogen-bond acceptors (Lipinski definition) is 6. The van der Waals surface area contributed by atoms with Gasteiger partial charge in [-0.05, 0) is 26.7 Å². The number of nitrogens with one attached hydrogen (secondary N) is 1. The Bertz CT molecular complexity index is 737. The molecule has 0 saturated carbocycles. The zero-order chi connectivity index (χ0) is 19.6. The third kappa shape index (κ3) is 4.97. The zero-order valence-electron chi connectivity index (χ0n) is 14.4. The van der Waals surface area contributed by atoms with Crippen LogP contribution in [0.15, 0.2) is 10.6 Å². The zero-order valence-corrected chi connectivity index (χ0v) is 15.2. The largest absolute Gasteiger partial charge is 0.389 e. The van der Waals surface area contributed by atoms with Gasteiger partial charge in [0.05, 0.1) is 18.1 Å². The van der Waals surface area contributed by atoms with E-state index < -0.39 is 45.3 Å². The summed E-state index contributed by atoms with van der Waals surface area (Å²) in [5.74, 6) is -1.61. The molecule has 1 saturated heterocycles. The molecule has 0 aliphatic carbocycles. The molecule has 0 aromatic carbocycles. The topological polar surface area (TPSA) is 98.5 Å². The molecular formula is C15H21F3N2O5S. The van der Waals surface area contributed by atoms with Gasteiger partial charge >= 0.3 is 6.18 Å². The molecule has 7 nitrogen and oxygen atoms in total. The van der Waals surface area contributed by atoms with E-state index in [9.17, 15) is 26.4 Å². The molecular weight excluding hydrogens is 377 g/mol. The van der Waals surface area contributed by atoms with Crippen molar-refractivity contribution >= 4 is 21.6 Å². The highest BCUT2D eigenvalue weighted by Crippen LogP contribution is 2.28. The molecule has 0 spiro atoms. The van der Waals surface area contributed by atoms with Gasteiger partial charge < -0.3 is 9.26 Å². The molecule has 1 aliphatic heterocycles. The SMILES string of the molecule is CC(C)(C(=O)Nc1cc(C2CCOC2)no1)S(=O)(=O)CCCC(F)(F)F. The first kappa shape index (κ1) is 20.7. The molecule has 1 aliphatic rings. The van der Waals surface area contributed by atoms with Gasteiger partial charge in [-0.1, -0.05) is 5.16 Å². The van der Waals surface area contributed by atoms with E-state index in [1.54, 1.807) is 0 Å². The summed E-state index contributed by atoms with van der Waals surface area (Å²) in [4.78, 5) is 12.3. The second kappa shape index (κ2) is 7.55. The summed E-state index contributed by atoms with van der Waals surface area (Å²) in [6.45, 7) is 3.38. The average molecular weight is 398 g/mol. The fourth-order valence-electron chi connectivity index (χ4n) is 2.43. The average Bonchev–Trinajstić information content (AvgIpc) is 3.15. The van der Waals surface area contributed by atoms with Gasteiger partial charge in [0.2, 0.25) is 11.8 Å². The summed E-state index contributed by atoms with van der Waals surface area (Å²) in [6, 6.07) is 1.49. The molecule has 1 atom stereocenters. The maximum Gasteiger partial charge on any atom is 0.389 e. The quantitative estimate of drug-likeness (QED) is 0.758. The molecule has 1 N–H and O–H groups in total. The second-order valence-corrected chi connectivity index (χ2v) is 9.34. The molecule has 0 bridgehead atoms. The first-order chi connectivity index (χ1) is 11.9. The van der Waals surface area contributed by atoms with Crippen LogP contribution in [-0.2, 0) is 19.4 Å². The number of sulfone groups is 1. The van der Waals surface area contributed by atoms with E-state index in [-0.39, 0.29) is 11.8 Å². The van der Waals surface area contributed by atoms with Crippen molar-refractivity contribution in [3.05, 3.63) is 11.8 Å². The predicted octanol–water partition coefficient (Wildman–Crippen LogP) is 2.65. The van der Waals surface area contributed by atoms with Crippen molar-refractivity contribution < 1.29 is 35.6 Å². The number of nitrogens with zero attached hydrogens (tertiary/aromatic N) is 1. The first-order valence-electron chi connectivity index (χ1n) is 8.07. The fourth-order valence-corrected chi connectivity index (χ4v) is 3.80. The summed E-state index contributed by atoms with van der Waals surface area (Å²) in [5.41, 5.74) is 0.587. The highest BCUT2D eigenvalue weighted by molar-refractivity contribution is 7.93. The van der Waals surface area contributed by atoms with E-state index in [1.807, 2.05) is 0 Å². The van der Waals surface area contributed by atoms with Crippen molar-refractivity contribution in [1.82, 2.24) is 5.16 Å². The molecule has 1 aromatic rings. The van der Waals surface area contributed by atoms with Crippen LogP contribution in [0.5, 0.6) is 0 Å². The lowest BCUT2D eigenvalue weighted by molar-refractivity contribution is -0.134. The Balaban J connectivity index is 2.00. The van der Waals surface area contributed by atoms with Gasteiger partial charge in [0.25, 0.3) is 0 Å². The van der Waals surface area contributed by atoms with Gasteiger partial charge in [0, 0.05) is 25.0 Å². The van der Waals surface area contributed by atoms with Crippen LogP contribution in [0.1, 0.15) is 44.7 Å². The summed E-state index contributed by atoms with van der Waals surface area (Å²) in [7, 11) is -4.10. The van der Waals surface area contributed by atoms with Crippen LogP contribution < -0.4 is 5.32 Å². The Hall–Kier alpha value is -1.62. The van der Waals surface area contributed by atoms with E-state index >= 15 is 0 Å². The van der Waals surface area contributed by atoms with Crippen LogP contribution in [0.2, 0.25) is 0 Å². The number of aromatic nitrogens is 1. The minimum absolute atomic E-state index is 0.0181. The number of carbonyl (C=O) groups excluding carboxylic acids is 1. The van der Waals surface area contributed by atoms with Crippen molar-refractivity contribution in [2.24, 2.45) is 0 Å². The second-order valence-electron chi connectivity index (χ2n) is 6.68. The van der Waals surface area contributed by atoms with Crippen molar-refractivity contribution in [2.75, 3.05) is 24.3 Å². The molecule has 2 heterocycles. The Morgan fingerprint density at radius 2 is 2.08 bits per heavy atom. The van der Waals surface area contributed by atoms with Crippen LogP contribution in [-0.4, -0.2) is 49.4 Å². The van der Waals surface area contributed by atoms with E-state index in [4.69, 9.17) is 9.26 Å². The van der Waals surface area contributed by atoms with Gasteiger partial charge in [-0.25, -0.2) is 8.42 Å². The number of alkyl halides is 3. The highest BCUT2D eigenvalue weighted by atomic mass is 32.2. The predicted molar refractivity (Wildman–Crippen MR) is 86.5 cm³/mol. The number of ether oxygens (including phenoxy) is 1. The lowest BCUT2D eigenvalue weighted by atomic mass is 10.1. The Morgan fingerprint density at radius 1 is 1.38 bits per heavy atom. The standard InChI is InChI=1S/C15H21F3N2O5S/c1-14(2,26(22,23)7-3-5-15(16,17)18)13(21)19-12-8-11(20-25-12)10-4-6-24-9-10/h8,10H,3-7,9H2,1-2H3,(H,19,21). The Labute approximate surface area is 149 Å². The molecule has 2 rings (SSSR count). The Kier molecular flexibility index (Phi) is 6.01. The van der Waals surface area contributed by atoms with E-state index in [0.717, 1.165) is 20.3 Å². The summed E-state index contributed by atoms with van der Waals surface area (Å²) in [6.07, 6.45) is -5.50. The van der Waals surface area contributed by atoms with Crippen molar-refractivity contribution in [3.63, 3.8) is 0 Å². The number of halogens is 3. The number of anilines is 1. The maximum atomic E-state index is 12.3. The van der Waals surface area contributed by atoms with Gasteiger partial charge in [-0.15, -0.1) is 0 Å². The lowest BCUT2D eigenvalue weighted by Crippen LogP contribution is -2.45. The van der Waals surface area contributed by atoms with Crippen molar-refractivity contribution in [1.29, 1.82) is 0 Å². The van der Waals surface area contributed by atoms with Crippen LogP contribution in [0.3, 0.4) is 0 Å². The Morgan fingerprint density at radius 3 is 2.65 bits per heavy atom. The van der Waals surface area contributed by atoms with Gasteiger partial charge in [0.1, 0.15) is 4.75 Å². The third-order valence-electron chi connectivity index (χ3n) is 4.31. The smallest absolute Gasteiger partial charge is 0.381 e. The summed E-state index contributed by atoms with van der Waals surface area (Å²) in [5, 5.41) is 6.16. The summed E-state index contributed by atoms with van der Waals surface area (Å²) >= 11 is 0. The molecule has 1 amide bonds. The number of amides is 1. The van der Waals surface area contributed by atoms with Crippen molar-refractivity contribution in [3.8, 4) is 0 Å². The molecule has 148 valence electrons. The number of carbonyl (C=O) groups is 1. The molecule has 11 heteroatoms. The fraction of sp³-hybridized carbons (Fsp3) is 0.733. The normalized spacial score (nSPS) is 18.9. The minimum atomic E-state index is -4.44. The van der Waals surface area contributed by atoms with Gasteiger partial charge in [0.15, 0.2) is 9.84 Å². The van der Waals surface area contributed by atoms with Crippen LogP contribution in [0.25, 0.3) is 0 Å². The molecule has 1 aromatic heterocycles. The number of hydrogen-bond donors (Lipinski definition) is 1.